The van der Waals surface area contributed by atoms with Crippen molar-refractivity contribution in [3.63, 3.8) is 0 Å². The molecule has 1 aromatic carbocycles. The molecule has 1 unspecified atom stereocenters. The first kappa shape index (κ1) is 8.80. The molecular weight excluding hydrogens is 146 g/mol. The van der Waals surface area contributed by atoms with Gasteiger partial charge in [0.2, 0.25) is 6.54 Å². The van der Waals surface area contributed by atoms with Crippen molar-refractivity contribution >= 4 is 0 Å². The molecule has 0 saturated carbocycles. The monoisotopic (exact) mass is 159 g/mol. The van der Waals surface area contributed by atoms with Crippen LogP contribution >= 0.6 is 0 Å². The Morgan fingerprint density at radius 1 is 1.42 bits per heavy atom. The molecule has 62 valence electrons. The van der Waals surface area contributed by atoms with Gasteiger partial charge in [0.25, 0.3) is 0 Å². The fourth-order valence-electron chi connectivity index (χ4n) is 1.37. The van der Waals surface area contributed by atoms with Crippen LogP contribution in [0.25, 0.3) is 4.85 Å². The molecule has 1 aromatic rings. The van der Waals surface area contributed by atoms with Crippen molar-refractivity contribution in [2.24, 2.45) is 0 Å². The molecule has 0 aliphatic carbocycles. The molecule has 0 amide bonds. The van der Waals surface area contributed by atoms with Gasteiger partial charge in [-0.1, -0.05) is 31.2 Å². The molecule has 12 heavy (non-hydrogen) atoms. The lowest BCUT2D eigenvalue weighted by atomic mass is 9.97. The molecule has 0 saturated heterocycles. The molecule has 1 nitrogen and oxygen atoms in total. The normalized spacial score (nSPS) is 12.1. The van der Waals surface area contributed by atoms with Crippen LogP contribution in [0, 0.1) is 13.5 Å². The smallest absolute Gasteiger partial charge is 0.221 e. The van der Waals surface area contributed by atoms with Gasteiger partial charge in [0, 0.05) is 0 Å². The van der Waals surface area contributed by atoms with Crippen LogP contribution < -0.4 is 0 Å². The summed E-state index contributed by atoms with van der Waals surface area (Å²) in [5.41, 5.74) is 2.59. The lowest BCUT2D eigenvalue weighted by Gasteiger charge is -2.07. The van der Waals surface area contributed by atoms with Crippen LogP contribution in [0.1, 0.15) is 24.0 Å². The molecule has 0 aliphatic heterocycles. The van der Waals surface area contributed by atoms with Crippen LogP contribution in [0.3, 0.4) is 0 Å². The number of rotatable bonds is 2. The molecule has 0 radical (unpaired) electrons. The first-order chi connectivity index (χ1) is 5.75. The predicted molar refractivity (Wildman–Crippen MR) is 51.1 cm³/mol. The maximum absolute atomic E-state index is 6.78. The second-order valence-corrected chi connectivity index (χ2v) is 3.10. The van der Waals surface area contributed by atoms with Crippen LogP contribution in [-0.2, 0) is 0 Å². The molecule has 0 spiro atoms. The Bertz CT molecular complexity index is 296. The third-order valence-electron chi connectivity index (χ3n) is 2.08. The summed E-state index contributed by atoms with van der Waals surface area (Å²) in [4.78, 5) is 3.40. The summed E-state index contributed by atoms with van der Waals surface area (Å²) in [5, 5.41) is 0. The molecule has 0 bridgehead atoms. The van der Waals surface area contributed by atoms with Gasteiger partial charge < -0.3 is 4.85 Å². The summed E-state index contributed by atoms with van der Waals surface area (Å²) in [5.74, 6) is 0.365. The van der Waals surface area contributed by atoms with Crippen LogP contribution in [0.2, 0.25) is 0 Å². The Kier molecular flexibility index (Phi) is 2.88. The van der Waals surface area contributed by atoms with E-state index >= 15 is 0 Å². The zero-order valence-corrected chi connectivity index (χ0v) is 7.54. The predicted octanol–water partition coefficient (Wildman–Crippen LogP) is 3.02. The van der Waals surface area contributed by atoms with E-state index in [-0.39, 0.29) is 0 Å². The molecule has 0 aliphatic rings. The van der Waals surface area contributed by atoms with Crippen molar-refractivity contribution < 1.29 is 0 Å². The van der Waals surface area contributed by atoms with E-state index < -0.39 is 0 Å². The summed E-state index contributed by atoms with van der Waals surface area (Å²) in [6, 6.07) is 8.26. The largest absolute Gasteiger partial charge is 0.316 e. The third-order valence-corrected chi connectivity index (χ3v) is 2.08. The highest BCUT2D eigenvalue weighted by Gasteiger charge is 2.09. The zero-order chi connectivity index (χ0) is 8.97. The van der Waals surface area contributed by atoms with E-state index in [4.69, 9.17) is 6.57 Å². The maximum atomic E-state index is 6.78. The molecule has 0 heterocycles. The Balaban J connectivity index is 2.88. The molecule has 0 fully saturated rings. The van der Waals surface area contributed by atoms with Crippen LogP contribution in [-0.4, -0.2) is 6.54 Å². The van der Waals surface area contributed by atoms with Gasteiger partial charge in [-0.25, -0.2) is 6.57 Å². The van der Waals surface area contributed by atoms with E-state index in [2.05, 4.69) is 30.8 Å². The molecule has 1 heteroatoms. The first-order valence-electron chi connectivity index (χ1n) is 4.14. The average Bonchev–Trinajstić information content (AvgIpc) is 2.05. The SMILES string of the molecule is [C-]#[N+]CC(C)c1ccccc1C. The van der Waals surface area contributed by atoms with Crippen LogP contribution in [0.4, 0.5) is 0 Å². The van der Waals surface area contributed by atoms with Gasteiger partial charge in [0.05, 0.1) is 5.92 Å². The zero-order valence-electron chi connectivity index (χ0n) is 7.54. The summed E-state index contributed by atoms with van der Waals surface area (Å²) in [6.07, 6.45) is 0. The van der Waals surface area contributed by atoms with Crippen LogP contribution in [0.15, 0.2) is 24.3 Å². The van der Waals surface area contributed by atoms with Crippen molar-refractivity contribution in [3.8, 4) is 0 Å². The summed E-state index contributed by atoms with van der Waals surface area (Å²) < 4.78 is 0. The van der Waals surface area contributed by atoms with E-state index in [9.17, 15) is 0 Å². The van der Waals surface area contributed by atoms with Crippen molar-refractivity contribution in [2.75, 3.05) is 6.54 Å². The van der Waals surface area contributed by atoms with Crippen molar-refractivity contribution in [2.45, 2.75) is 19.8 Å². The van der Waals surface area contributed by atoms with Crippen LogP contribution in [0.5, 0.6) is 0 Å². The Hall–Kier alpha value is -1.29. The minimum absolute atomic E-state index is 0.365. The average molecular weight is 159 g/mol. The molecule has 0 N–H and O–H groups in total. The topological polar surface area (TPSA) is 4.36 Å². The lowest BCUT2D eigenvalue weighted by Crippen LogP contribution is -1.98. The fourth-order valence-corrected chi connectivity index (χ4v) is 1.37. The number of aryl methyl sites for hydroxylation is 1. The highest BCUT2D eigenvalue weighted by Crippen LogP contribution is 2.18. The van der Waals surface area contributed by atoms with Crippen molar-refractivity contribution in [1.82, 2.24) is 0 Å². The minimum atomic E-state index is 0.365. The van der Waals surface area contributed by atoms with Gasteiger partial charge in [0.1, 0.15) is 0 Å². The number of nitrogens with zero attached hydrogens (tertiary/aromatic N) is 1. The van der Waals surface area contributed by atoms with Gasteiger partial charge in [-0.3, -0.25) is 0 Å². The van der Waals surface area contributed by atoms with Gasteiger partial charge >= 0.3 is 0 Å². The van der Waals surface area contributed by atoms with Crippen molar-refractivity contribution in [3.05, 3.63) is 46.8 Å². The van der Waals surface area contributed by atoms with Crippen molar-refractivity contribution in [1.29, 1.82) is 0 Å². The number of hydrogen-bond donors (Lipinski definition) is 0. The minimum Gasteiger partial charge on any atom is -0.316 e. The lowest BCUT2D eigenvalue weighted by molar-refractivity contribution is 0.825. The number of benzene rings is 1. The van der Waals surface area contributed by atoms with Gasteiger partial charge in [0.15, 0.2) is 0 Å². The van der Waals surface area contributed by atoms with Gasteiger partial charge in [-0.15, -0.1) is 0 Å². The quantitative estimate of drug-likeness (QED) is 0.584. The summed E-state index contributed by atoms with van der Waals surface area (Å²) in [6.45, 7) is 11.6. The van der Waals surface area contributed by atoms with E-state index in [1.54, 1.807) is 0 Å². The fraction of sp³-hybridized carbons (Fsp3) is 0.364. The number of hydrogen-bond acceptors (Lipinski definition) is 0. The Morgan fingerprint density at radius 2 is 2.08 bits per heavy atom. The summed E-state index contributed by atoms with van der Waals surface area (Å²) in [7, 11) is 0. The van der Waals surface area contributed by atoms with E-state index in [1.807, 2.05) is 12.1 Å². The summed E-state index contributed by atoms with van der Waals surface area (Å²) >= 11 is 0. The van der Waals surface area contributed by atoms with Gasteiger partial charge in [-0.2, -0.15) is 0 Å². The molecule has 0 aromatic heterocycles. The highest BCUT2D eigenvalue weighted by molar-refractivity contribution is 5.29. The Labute approximate surface area is 73.9 Å². The maximum Gasteiger partial charge on any atom is 0.221 e. The first-order valence-corrected chi connectivity index (χ1v) is 4.14. The molecule has 1 rings (SSSR count). The van der Waals surface area contributed by atoms with Gasteiger partial charge in [-0.05, 0) is 18.1 Å². The standard InChI is InChI=1S/C11H13N/c1-9-6-4-5-7-11(9)10(2)8-12-3/h4-7,10H,8H2,1-2H3. The van der Waals surface area contributed by atoms with E-state index in [0.717, 1.165) is 0 Å². The second-order valence-electron chi connectivity index (χ2n) is 3.10. The van der Waals surface area contributed by atoms with E-state index in [1.165, 1.54) is 11.1 Å². The van der Waals surface area contributed by atoms with E-state index in [0.29, 0.717) is 12.5 Å². The molecular formula is C11H13N. The highest BCUT2D eigenvalue weighted by atomic mass is 14.6. The second kappa shape index (κ2) is 3.92. The molecule has 1 atom stereocenters. The third kappa shape index (κ3) is 1.85. The Morgan fingerprint density at radius 3 is 2.67 bits per heavy atom.